The topological polar surface area (TPSA) is 86.3 Å². The molecule has 0 bridgehead atoms. The molecule has 0 aliphatic carbocycles. The van der Waals surface area contributed by atoms with Crippen molar-refractivity contribution in [3.05, 3.63) is 67.5 Å². The van der Waals surface area contributed by atoms with Crippen LogP contribution >= 0.6 is 21.6 Å². The molecule has 120 valence electrons. The van der Waals surface area contributed by atoms with Crippen LogP contribution in [-0.4, -0.2) is 9.85 Å². The molecular formula is C14H11FN2O4S2. The third-order valence-electron chi connectivity index (χ3n) is 3.11. The van der Waals surface area contributed by atoms with Crippen LogP contribution in [-0.2, 0) is 0 Å². The molecule has 9 heteroatoms. The Kier molecular flexibility index (Phi) is 5.22. The van der Waals surface area contributed by atoms with Crippen molar-refractivity contribution in [2.45, 2.75) is 23.6 Å². The van der Waals surface area contributed by atoms with Gasteiger partial charge in [-0.3, -0.25) is 20.2 Å². The predicted molar refractivity (Wildman–Crippen MR) is 87.3 cm³/mol. The first-order valence-electron chi connectivity index (χ1n) is 6.34. The lowest BCUT2D eigenvalue weighted by Crippen LogP contribution is -1.94. The maximum atomic E-state index is 13.5. The minimum atomic E-state index is -0.881. The van der Waals surface area contributed by atoms with Gasteiger partial charge in [0.25, 0.3) is 5.69 Å². The Morgan fingerprint density at radius 2 is 1.57 bits per heavy atom. The molecule has 0 heterocycles. The fraction of sp³-hybridized carbons (Fsp3) is 0.143. The van der Waals surface area contributed by atoms with Crippen LogP contribution < -0.4 is 0 Å². The zero-order chi connectivity index (χ0) is 17.1. The van der Waals surface area contributed by atoms with Gasteiger partial charge in [-0.15, -0.1) is 0 Å². The third kappa shape index (κ3) is 3.80. The number of hydrogen-bond donors (Lipinski definition) is 0. The molecular weight excluding hydrogens is 343 g/mol. The van der Waals surface area contributed by atoms with Crippen molar-refractivity contribution in [3.63, 3.8) is 0 Å². The highest BCUT2D eigenvalue weighted by Gasteiger charge is 2.18. The van der Waals surface area contributed by atoms with E-state index in [4.69, 9.17) is 0 Å². The van der Waals surface area contributed by atoms with Crippen molar-refractivity contribution in [2.75, 3.05) is 0 Å². The molecule has 0 aliphatic rings. The second kappa shape index (κ2) is 6.97. The molecule has 0 aliphatic heterocycles. The Morgan fingerprint density at radius 1 is 0.957 bits per heavy atom. The Hall–Kier alpha value is -2.13. The molecule has 0 radical (unpaired) electrons. The van der Waals surface area contributed by atoms with E-state index in [0.717, 1.165) is 6.07 Å². The van der Waals surface area contributed by atoms with Crippen LogP contribution in [0.3, 0.4) is 0 Å². The summed E-state index contributed by atoms with van der Waals surface area (Å²) in [5.41, 5.74) is 0.504. The molecule has 0 unspecified atom stereocenters. The van der Waals surface area contributed by atoms with Gasteiger partial charge in [-0.05, 0) is 31.5 Å². The van der Waals surface area contributed by atoms with Crippen LogP contribution in [0, 0.1) is 39.9 Å². The summed E-state index contributed by atoms with van der Waals surface area (Å²) in [5.74, 6) is -0.881. The van der Waals surface area contributed by atoms with E-state index in [-0.39, 0.29) is 5.69 Å². The smallest absolute Gasteiger partial charge is 0.258 e. The van der Waals surface area contributed by atoms with E-state index in [1.807, 2.05) is 0 Å². The Bertz CT molecular complexity index is 799. The normalized spacial score (nSPS) is 10.6. The number of nitrogens with zero attached hydrogens (tertiary/aromatic N) is 2. The molecule has 6 nitrogen and oxygen atoms in total. The van der Waals surface area contributed by atoms with Crippen molar-refractivity contribution in [1.29, 1.82) is 0 Å². The SMILES string of the molecule is Cc1cc(F)c([N+](=O)[O-])cc1SSc1cccc([N+](=O)[O-])c1C. The van der Waals surface area contributed by atoms with Gasteiger partial charge in [0, 0.05) is 27.5 Å². The summed E-state index contributed by atoms with van der Waals surface area (Å²) in [6, 6.07) is 7.01. The fourth-order valence-corrected chi connectivity index (χ4v) is 4.36. The van der Waals surface area contributed by atoms with Gasteiger partial charge in [0.1, 0.15) is 0 Å². The molecule has 2 aromatic rings. The summed E-state index contributed by atoms with van der Waals surface area (Å²) >= 11 is 0. The van der Waals surface area contributed by atoms with Crippen LogP contribution in [0.2, 0.25) is 0 Å². The molecule has 0 atom stereocenters. The number of aryl methyl sites for hydroxylation is 1. The maximum Gasteiger partial charge on any atom is 0.305 e. The quantitative estimate of drug-likeness (QED) is 0.424. The van der Waals surface area contributed by atoms with Gasteiger partial charge < -0.3 is 0 Å². The van der Waals surface area contributed by atoms with Gasteiger partial charge in [0.05, 0.1) is 9.85 Å². The van der Waals surface area contributed by atoms with Crippen LogP contribution in [0.15, 0.2) is 40.1 Å². The van der Waals surface area contributed by atoms with E-state index in [1.165, 1.54) is 33.7 Å². The molecule has 0 fully saturated rings. The fourth-order valence-electron chi connectivity index (χ4n) is 1.85. The van der Waals surface area contributed by atoms with Crippen LogP contribution in [0.5, 0.6) is 0 Å². The second-order valence-corrected chi connectivity index (χ2v) is 6.86. The lowest BCUT2D eigenvalue weighted by Gasteiger charge is -2.08. The number of benzene rings is 2. The minimum absolute atomic E-state index is 0.0115. The summed E-state index contributed by atoms with van der Waals surface area (Å²) in [6.07, 6.45) is 0. The van der Waals surface area contributed by atoms with Gasteiger partial charge in [-0.25, -0.2) is 0 Å². The molecule has 2 rings (SSSR count). The van der Waals surface area contributed by atoms with Gasteiger partial charge in [-0.1, -0.05) is 27.7 Å². The highest BCUT2D eigenvalue weighted by atomic mass is 33.1. The molecule has 2 aromatic carbocycles. The molecule has 0 aromatic heterocycles. The first-order chi connectivity index (χ1) is 10.8. The Balaban J connectivity index is 2.28. The molecule has 23 heavy (non-hydrogen) atoms. The number of hydrogen-bond acceptors (Lipinski definition) is 6. The van der Waals surface area contributed by atoms with Crippen molar-refractivity contribution < 1.29 is 14.2 Å². The zero-order valence-corrected chi connectivity index (χ0v) is 13.7. The molecule has 0 saturated carbocycles. The van der Waals surface area contributed by atoms with E-state index in [2.05, 4.69) is 0 Å². The van der Waals surface area contributed by atoms with Crippen molar-refractivity contribution >= 4 is 33.0 Å². The zero-order valence-electron chi connectivity index (χ0n) is 12.1. The molecule has 0 saturated heterocycles. The largest absolute Gasteiger partial charge is 0.305 e. The molecule has 0 N–H and O–H groups in total. The van der Waals surface area contributed by atoms with E-state index in [9.17, 15) is 24.6 Å². The number of nitro benzene ring substituents is 2. The summed E-state index contributed by atoms with van der Waals surface area (Å²) in [6.45, 7) is 3.29. The number of rotatable bonds is 5. The predicted octanol–water partition coefficient (Wildman–Crippen LogP) is 5.06. The first kappa shape index (κ1) is 17.2. The van der Waals surface area contributed by atoms with Gasteiger partial charge in [0.2, 0.25) is 5.82 Å². The number of halogens is 1. The maximum absolute atomic E-state index is 13.5. The second-order valence-electron chi connectivity index (χ2n) is 4.65. The van der Waals surface area contributed by atoms with Crippen LogP contribution in [0.1, 0.15) is 11.1 Å². The lowest BCUT2D eigenvalue weighted by molar-refractivity contribution is -0.387. The summed E-state index contributed by atoms with van der Waals surface area (Å²) in [5, 5.41) is 21.7. The Morgan fingerprint density at radius 3 is 2.17 bits per heavy atom. The average Bonchev–Trinajstić information content (AvgIpc) is 2.47. The van der Waals surface area contributed by atoms with Gasteiger partial charge >= 0.3 is 5.69 Å². The first-order valence-corrected chi connectivity index (χ1v) is 8.49. The average molecular weight is 354 g/mol. The summed E-state index contributed by atoms with van der Waals surface area (Å²) < 4.78 is 13.5. The molecule has 0 spiro atoms. The highest BCUT2D eigenvalue weighted by molar-refractivity contribution is 8.76. The highest BCUT2D eigenvalue weighted by Crippen LogP contribution is 2.43. The Labute approximate surface area is 138 Å². The van der Waals surface area contributed by atoms with Gasteiger partial charge in [0.15, 0.2) is 0 Å². The van der Waals surface area contributed by atoms with Crippen molar-refractivity contribution in [3.8, 4) is 0 Å². The van der Waals surface area contributed by atoms with E-state index in [0.29, 0.717) is 20.9 Å². The standard InChI is InChI=1S/C14H11FN2O4S2/c1-8-6-10(15)12(17(20)21)7-14(8)23-22-13-5-3-4-11(9(13)2)16(18)19/h3-7H,1-2H3. The summed E-state index contributed by atoms with van der Waals surface area (Å²) in [4.78, 5) is 21.7. The monoisotopic (exact) mass is 354 g/mol. The van der Waals surface area contributed by atoms with E-state index in [1.54, 1.807) is 26.0 Å². The third-order valence-corrected chi connectivity index (χ3v) is 5.77. The van der Waals surface area contributed by atoms with Crippen LogP contribution in [0.25, 0.3) is 0 Å². The van der Waals surface area contributed by atoms with Gasteiger partial charge in [-0.2, -0.15) is 4.39 Å². The minimum Gasteiger partial charge on any atom is -0.258 e. The van der Waals surface area contributed by atoms with E-state index >= 15 is 0 Å². The van der Waals surface area contributed by atoms with Crippen molar-refractivity contribution in [1.82, 2.24) is 0 Å². The van der Waals surface area contributed by atoms with Crippen molar-refractivity contribution in [2.24, 2.45) is 0 Å². The number of nitro groups is 2. The van der Waals surface area contributed by atoms with Crippen LogP contribution in [0.4, 0.5) is 15.8 Å². The van der Waals surface area contributed by atoms with E-state index < -0.39 is 21.4 Å². The molecule has 0 amide bonds. The summed E-state index contributed by atoms with van der Waals surface area (Å²) in [7, 11) is 2.44. The lowest BCUT2D eigenvalue weighted by atomic mass is 10.2.